The van der Waals surface area contributed by atoms with Gasteiger partial charge in [-0.05, 0) is 51.4 Å². The Balaban J connectivity index is 3.36. The number of unbranched alkanes of at least 4 members (excludes halogenated alkanes) is 60. The number of carbonyl (C=O) groups is 2. The van der Waals surface area contributed by atoms with E-state index >= 15 is 0 Å². The molecule has 0 aliphatic carbocycles. The van der Waals surface area contributed by atoms with Gasteiger partial charge in [0, 0.05) is 12.8 Å². The second kappa shape index (κ2) is 73.1. The summed E-state index contributed by atoms with van der Waals surface area (Å²) in [5, 5.41) is 23.5. The molecule has 0 saturated carbocycles. The number of rotatable bonds is 73. The van der Waals surface area contributed by atoms with Crippen molar-refractivity contribution in [3.05, 3.63) is 12.2 Å². The third kappa shape index (κ3) is 69.6. The van der Waals surface area contributed by atoms with Crippen molar-refractivity contribution in [2.24, 2.45) is 0 Å². The van der Waals surface area contributed by atoms with Crippen molar-refractivity contribution < 1.29 is 24.5 Å². The number of aliphatic hydroxyl groups is 2. The molecule has 6 heteroatoms. The minimum Gasteiger partial charge on any atom is -0.466 e. The van der Waals surface area contributed by atoms with Gasteiger partial charge in [0.15, 0.2) is 0 Å². The van der Waals surface area contributed by atoms with E-state index in [4.69, 9.17) is 4.74 Å². The molecule has 0 aromatic carbocycles. The maximum absolute atomic E-state index is 12.6. The van der Waals surface area contributed by atoms with Gasteiger partial charge in [-0.15, -0.1) is 0 Å². The van der Waals surface area contributed by atoms with Crippen LogP contribution in [-0.4, -0.2) is 47.4 Å². The topological polar surface area (TPSA) is 95.9 Å². The maximum atomic E-state index is 12.6. The van der Waals surface area contributed by atoms with E-state index in [-0.39, 0.29) is 18.5 Å². The van der Waals surface area contributed by atoms with Crippen LogP contribution in [0, 0.1) is 0 Å². The Morgan fingerprint density at radius 2 is 0.566 bits per heavy atom. The van der Waals surface area contributed by atoms with Gasteiger partial charge in [-0.3, -0.25) is 9.59 Å². The Bertz CT molecular complexity index is 1260. The molecule has 0 radical (unpaired) electrons. The molecule has 1 amide bonds. The molecule has 3 N–H and O–H groups in total. The molecular weight excluding hydrogens is 1020 g/mol. The average molecular weight is 1170 g/mol. The Labute approximate surface area is 520 Å². The fourth-order valence-corrected chi connectivity index (χ4v) is 12.5. The average Bonchev–Trinajstić information content (AvgIpc) is 3.49. The van der Waals surface area contributed by atoms with Gasteiger partial charge in [-0.2, -0.15) is 0 Å². The summed E-state index contributed by atoms with van der Waals surface area (Å²) < 4.78 is 5.49. The van der Waals surface area contributed by atoms with Crippen LogP contribution in [0.5, 0.6) is 0 Å². The second-order valence-electron chi connectivity index (χ2n) is 26.7. The normalized spacial score (nSPS) is 12.5. The van der Waals surface area contributed by atoms with Crippen LogP contribution in [0.25, 0.3) is 0 Å². The molecule has 0 aromatic rings. The summed E-state index contributed by atoms with van der Waals surface area (Å²) in [4.78, 5) is 24.6. The van der Waals surface area contributed by atoms with E-state index in [1.807, 2.05) is 0 Å². The Morgan fingerprint density at radius 3 is 0.855 bits per heavy atom. The van der Waals surface area contributed by atoms with Gasteiger partial charge in [-0.1, -0.05) is 392 Å². The largest absolute Gasteiger partial charge is 0.466 e. The number of hydrogen-bond donors (Lipinski definition) is 3. The molecule has 83 heavy (non-hydrogen) atoms. The number of hydrogen-bond acceptors (Lipinski definition) is 5. The number of esters is 1. The van der Waals surface area contributed by atoms with Gasteiger partial charge >= 0.3 is 5.97 Å². The van der Waals surface area contributed by atoms with Gasteiger partial charge in [0.2, 0.25) is 5.91 Å². The van der Waals surface area contributed by atoms with Gasteiger partial charge in [0.1, 0.15) is 0 Å². The van der Waals surface area contributed by atoms with Crippen LogP contribution < -0.4 is 5.32 Å². The fourth-order valence-electron chi connectivity index (χ4n) is 12.5. The van der Waals surface area contributed by atoms with Crippen molar-refractivity contribution in [1.82, 2.24) is 5.32 Å². The number of aliphatic hydroxyl groups excluding tert-OH is 2. The van der Waals surface area contributed by atoms with Crippen LogP contribution in [0.2, 0.25) is 0 Å². The highest BCUT2D eigenvalue weighted by Gasteiger charge is 2.20. The Hall–Kier alpha value is -1.40. The molecule has 0 aliphatic rings. The first-order chi connectivity index (χ1) is 41.0. The zero-order chi connectivity index (χ0) is 59.9. The molecule has 2 atom stereocenters. The van der Waals surface area contributed by atoms with Crippen molar-refractivity contribution in [3.63, 3.8) is 0 Å². The first-order valence-corrected chi connectivity index (χ1v) is 38.4. The summed E-state index contributed by atoms with van der Waals surface area (Å²) in [6, 6.07) is -0.541. The molecule has 6 nitrogen and oxygen atoms in total. The molecule has 0 spiro atoms. The third-order valence-electron chi connectivity index (χ3n) is 18.3. The first-order valence-electron chi connectivity index (χ1n) is 38.4. The predicted octanol–water partition coefficient (Wildman–Crippen LogP) is 25.1. The van der Waals surface area contributed by atoms with Crippen LogP contribution >= 0.6 is 0 Å². The molecule has 2 unspecified atom stereocenters. The molecule has 494 valence electrons. The number of allylic oxidation sites excluding steroid dienone is 2. The van der Waals surface area contributed by atoms with Gasteiger partial charge in [-0.25, -0.2) is 0 Å². The monoisotopic (exact) mass is 1170 g/mol. The van der Waals surface area contributed by atoms with Crippen molar-refractivity contribution in [2.75, 3.05) is 13.2 Å². The van der Waals surface area contributed by atoms with Crippen molar-refractivity contribution in [2.45, 2.75) is 456 Å². The number of carbonyl (C=O) groups excluding carboxylic acids is 2. The van der Waals surface area contributed by atoms with E-state index < -0.39 is 12.1 Å². The quantitative estimate of drug-likeness (QED) is 0.0320. The van der Waals surface area contributed by atoms with Crippen LogP contribution in [0.15, 0.2) is 12.2 Å². The van der Waals surface area contributed by atoms with Crippen molar-refractivity contribution >= 4 is 11.9 Å². The molecule has 0 heterocycles. The highest BCUT2D eigenvalue weighted by Crippen LogP contribution is 2.20. The standard InChI is InChI=1S/C77H151NO5/c1-3-5-7-9-11-13-15-17-18-19-20-21-30-33-36-39-42-46-49-53-57-61-65-69-75(80)74(73-79)78-76(81)70-66-62-58-54-50-47-43-40-37-34-31-28-26-24-22-23-25-27-29-32-35-38-41-44-48-52-56-60-64-68-72-83-77(82)71-67-63-59-55-51-45-16-14-12-10-8-6-4-2/h23,25,74-75,79-80H,3-22,24,26-73H2,1-2H3,(H,78,81)/b25-23-. The summed E-state index contributed by atoms with van der Waals surface area (Å²) in [6.07, 6.45) is 91.5. The smallest absolute Gasteiger partial charge is 0.305 e. The predicted molar refractivity (Wildman–Crippen MR) is 366 cm³/mol. The molecule has 0 rings (SSSR count). The first kappa shape index (κ1) is 81.6. The van der Waals surface area contributed by atoms with E-state index in [0.717, 1.165) is 38.5 Å². The van der Waals surface area contributed by atoms with Crippen LogP contribution in [0.4, 0.5) is 0 Å². The summed E-state index contributed by atoms with van der Waals surface area (Å²) >= 11 is 0. The van der Waals surface area contributed by atoms with E-state index in [2.05, 4.69) is 31.3 Å². The van der Waals surface area contributed by atoms with E-state index in [1.165, 1.54) is 372 Å². The van der Waals surface area contributed by atoms with E-state index in [9.17, 15) is 19.8 Å². The lowest BCUT2D eigenvalue weighted by Gasteiger charge is -2.22. The minimum absolute atomic E-state index is 0.0199. The fraction of sp³-hybridized carbons (Fsp3) is 0.948. The molecule has 0 fully saturated rings. The summed E-state index contributed by atoms with van der Waals surface area (Å²) in [6.45, 7) is 5.01. The van der Waals surface area contributed by atoms with E-state index in [1.54, 1.807) is 0 Å². The molecule has 0 saturated heterocycles. The van der Waals surface area contributed by atoms with Crippen LogP contribution in [0.1, 0.15) is 444 Å². The number of amides is 1. The molecule has 0 aromatic heterocycles. The molecule has 0 aliphatic heterocycles. The zero-order valence-electron chi connectivity index (χ0n) is 56.7. The van der Waals surface area contributed by atoms with Crippen LogP contribution in [-0.2, 0) is 14.3 Å². The lowest BCUT2D eigenvalue weighted by atomic mass is 10.0. The highest BCUT2D eigenvalue weighted by atomic mass is 16.5. The van der Waals surface area contributed by atoms with Crippen molar-refractivity contribution in [1.29, 1.82) is 0 Å². The van der Waals surface area contributed by atoms with E-state index in [0.29, 0.717) is 25.9 Å². The summed E-state index contributed by atoms with van der Waals surface area (Å²) in [5.41, 5.74) is 0. The zero-order valence-corrected chi connectivity index (χ0v) is 56.7. The lowest BCUT2D eigenvalue weighted by Crippen LogP contribution is -2.45. The Kier molecular flexibility index (Phi) is 71.8. The van der Waals surface area contributed by atoms with Crippen molar-refractivity contribution in [3.8, 4) is 0 Å². The Morgan fingerprint density at radius 1 is 0.325 bits per heavy atom. The van der Waals surface area contributed by atoms with Gasteiger partial charge < -0.3 is 20.3 Å². The van der Waals surface area contributed by atoms with Crippen LogP contribution in [0.3, 0.4) is 0 Å². The number of ether oxygens (including phenoxy) is 1. The summed E-state index contributed by atoms with van der Waals surface area (Å²) in [7, 11) is 0. The van der Waals surface area contributed by atoms with Gasteiger partial charge in [0.05, 0.1) is 25.4 Å². The molecule has 0 bridgehead atoms. The SMILES string of the molecule is CCCCCCCCCCCCCCCCCCCCCCCCCC(O)C(CO)NC(=O)CCCCCCCCCCCCCCCC/C=C\CCCCCCCCCCCCCCOC(=O)CCCCCCCCCCCCCCC. The minimum atomic E-state index is -0.664. The summed E-state index contributed by atoms with van der Waals surface area (Å²) in [5.74, 6) is -0.00779. The van der Waals surface area contributed by atoms with Gasteiger partial charge in [0.25, 0.3) is 0 Å². The maximum Gasteiger partial charge on any atom is 0.305 e. The number of nitrogens with one attached hydrogen (secondary N) is 1. The molecular formula is C77H151NO5. The second-order valence-corrected chi connectivity index (χ2v) is 26.7. The third-order valence-corrected chi connectivity index (χ3v) is 18.3. The lowest BCUT2D eigenvalue weighted by molar-refractivity contribution is -0.143. The highest BCUT2D eigenvalue weighted by molar-refractivity contribution is 5.76.